The molecule has 4 nitrogen and oxygen atoms in total. The van der Waals surface area contributed by atoms with Crippen LogP contribution in [0.2, 0.25) is 0 Å². The molecule has 0 unspecified atom stereocenters. The SMILES string of the molecule is CCNCc1cc(S(=O)(=O)NCC(CC)CC)ccc1C. The maximum atomic E-state index is 12.4. The van der Waals surface area contributed by atoms with Gasteiger partial charge in [-0.15, -0.1) is 0 Å². The Hall–Kier alpha value is -0.910. The molecule has 1 rings (SSSR count). The lowest BCUT2D eigenvalue weighted by Gasteiger charge is -2.15. The molecule has 0 saturated heterocycles. The number of rotatable bonds is 9. The van der Waals surface area contributed by atoms with E-state index in [1.54, 1.807) is 12.1 Å². The summed E-state index contributed by atoms with van der Waals surface area (Å²) in [6.07, 6.45) is 1.97. The average Bonchev–Trinajstić information content (AvgIpc) is 2.47. The zero-order chi connectivity index (χ0) is 15.9. The molecule has 1 aromatic carbocycles. The summed E-state index contributed by atoms with van der Waals surface area (Å²) in [4.78, 5) is 0.354. The number of aryl methyl sites for hydroxylation is 1. The van der Waals surface area contributed by atoms with Crippen molar-refractivity contribution < 1.29 is 8.42 Å². The standard InChI is InChI=1S/C16H28N2O2S/c1-5-14(6-2)11-18-21(19,20)16-9-8-13(4)15(10-16)12-17-7-3/h8-10,14,17-18H,5-7,11-12H2,1-4H3. The Bertz CT molecular complexity index is 537. The highest BCUT2D eigenvalue weighted by Gasteiger charge is 2.16. The lowest BCUT2D eigenvalue weighted by Crippen LogP contribution is -2.29. The zero-order valence-corrected chi connectivity index (χ0v) is 14.4. The first-order valence-electron chi connectivity index (χ1n) is 7.74. The Labute approximate surface area is 129 Å². The summed E-state index contributed by atoms with van der Waals surface area (Å²) in [5.41, 5.74) is 2.14. The van der Waals surface area contributed by atoms with Gasteiger partial charge in [-0.3, -0.25) is 0 Å². The summed E-state index contributed by atoms with van der Waals surface area (Å²) >= 11 is 0. The van der Waals surface area contributed by atoms with Gasteiger partial charge in [-0.1, -0.05) is 39.7 Å². The van der Waals surface area contributed by atoms with Crippen LogP contribution in [-0.4, -0.2) is 21.5 Å². The molecular formula is C16H28N2O2S. The summed E-state index contributed by atoms with van der Waals surface area (Å²) in [7, 11) is -3.42. The Morgan fingerprint density at radius 2 is 1.81 bits per heavy atom. The molecule has 0 radical (unpaired) electrons. The van der Waals surface area contributed by atoms with E-state index in [9.17, 15) is 8.42 Å². The van der Waals surface area contributed by atoms with Gasteiger partial charge in [0.05, 0.1) is 4.90 Å². The van der Waals surface area contributed by atoms with E-state index in [1.807, 2.05) is 19.9 Å². The Morgan fingerprint density at radius 3 is 2.38 bits per heavy atom. The Balaban J connectivity index is 2.87. The van der Waals surface area contributed by atoms with Crippen molar-refractivity contribution in [3.8, 4) is 0 Å². The van der Waals surface area contributed by atoms with E-state index in [-0.39, 0.29) is 0 Å². The fraction of sp³-hybridized carbons (Fsp3) is 0.625. The third-order valence-corrected chi connectivity index (χ3v) is 5.33. The van der Waals surface area contributed by atoms with Gasteiger partial charge >= 0.3 is 0 Å². The van der Waals surface area contributed by atoms with E-state index in [2.05, 4.69) is 23.9 Å². The third-order valence-electron chi connectivity index (χ3n) is 3.91. The zero-order valence-electron chi connectivity index (χ0n) is 13.6. The molecule has 2 N–H and O–H groups in total. The van der Waals surface area contributed by atoms with Gasteiger partial charge in [0, 0.05) is 13.1 Å². The highest BCUT2D eigenvalue weighted by molar-refractivity contribution is 7.89. The number of nitrogens with one attached hydrogen (secondary N) is 2. The van der Waals surface area contributed by atoms with Gasteiger partial charge in [-0.05, 0) is 42.6 Å². The molecule has 0 aliphatic heterocycles. The lowest BCUT2D eigenvalue weighted by atomic mass is 10.0. The van der Waals surface area contributed by atoms with Crippen LogP contribution >= 0.6 is 0 Å². The van der Waals surface area contributed by atoms with Crippen LogP contribution in [0.1, 0.15) is 44.7 Å². The molecule has 0 heterocycles. The second-order valence-electron chi connectivity index (χ2n) is 5.40. The van der Waals surface area contributed by atoms with E-state index in [0.717, 1.165) is 30.5 Å². The van der Waals surface area contributed by atoms with Crippen molar-refractivity contribution in [2.45, 2.75) is 52.0 Å². The van der Waals surface area contributed by atoms with Crippen LogP contribution in [0.4, 0.5) is 0 Å². The van der Waals surface area contributed by atoms with Crippen LogP contribution in [0.5, 0.6) is 0 Å². The molecule has 0 aromatic heterocycles. The molecule has 0 atom stereocenters. The number of hydrogen-bond acceptors (Lipinski definition) is 3. The minimum Gasteiger partial charge on any atom is -0.313 e. The van der Waals surface area contributed by atoms with Crippen LogP contribution in [0.3, 0.4) is 0 Å². The normalized spacial score (nSPS) is 12.0. The Kier molecular flexibility index (Phi) is 7.35. The lowest BCUT2D eigenvalue weighted by molar-refractivity contribution is 0.479. The minimum atomic E-state index is -3.42. The summed E-state index contributed by atoms with van der Waals surface area (Å²) in [5, 5.41) is 3.24. The van der Waals surface area contributed by atoms with Crippen LogP contribution in [0, 0.1) is 12.8 Å². The van der Waals surface area contributed by atoms with Crippen molar-refractivity contribution in [2.75, 3.05) is 13.1 Å². The number of sulfonamides is 1. The molecule has 0 saturated carbocycles. The van der Waals surface area contributed by atoms with Crippen LogP contribution in [0.15, 0.2) is 23.1 Å². The van der Waals surface area contributed by atoms with Crippen molar-refractivity contribution in [2.24, 2.45) is 5.92 Å². The van der Waals surface area contributed by atoms with Crippen molar-refractivity contribution in [1.82, 2.24) is 10.0 Å². The predicted molar refractivity (Wildman–Crippen MR) is 87.8 cm³/mol. The van der Waals surface area contributed by atoms with Crippen molar-refractivity contribution in [3.05, 3.63) is 29.3 Å². The van der Waals surface area contributed by atoms with Crippen molar-refractivity contribution in [1.29, 1.82) is 0 Å². The molecule has 0 aliphatic carbocycles. The fourth-order valence-corrected chi connectivity index (χ4v) is 3.32. The van der Waals surface area contributed by atoms with Gasteiger partial charge in [0.15, 0.2) is 0 Å². The second kappa shape index (κ2) is 8.51. The number of benzene rings is 1. The van der Waals surface area contributed by atoms with Crippen LogP contribution in [0.25, 0.3) is 0 Å². The molecule has 0 amide bonds. The van der Waals surface area contributed by atoms with E-state index < -0.39 is 10.0 Å². The largest absolute Gasteiger partial charge is 0.313 e. The van der Waals surface area contributed by atoms with E-state index in [4.69, 9.17) is 0 Å². The molecule has 1 aromatic rings. The topological polar surface area (TPSA) is 58.2 Å². The molecule has 5 heteroatoms. The first-order chi connectivity index (χ1) is 9.94. The van der Waals surface area contributed by atoms with Gasteiger partial charge < -0.3 is 5.32 Å². The van der Waals surface area contributed by atoms with Crippen LogP contribution in [-0.2, 0) is 16.6 Å². The monoisotopic (exact) mass is 312 g/mol. The third kappa shape index (κ3) is 5.41. The summed E-state index contributed by atoms with van der Waals surface area (Å²) in [5.74, 6) is 0.395. The molecule has 0 bridgehead atoms. The first kappa shape index (κ1) is 18.1. The molecule has 0 spiro atoms. The van der Waals surface area contributed by atoms with Gasteiger partial charge in [0.1, 0.15) is 0 Å². The van der Waals surface area contributed by atoms with Gasteiger partial charge in [0.25, 0.3) is 0 Å². The maximum absolute atomic E-state index is 12.4. The van der Waals surface area contributed by atoms with Gasteiger partial charge in [-0.25, -0.2) is 13.1 Å². The van der Waals surface area contributed by atoms with Gasteiger partial charge in [-0.2, -0.15) is 0 Å². The molecule has 0 fully saturated rings. The summed E-state index contributed by atoms with van der Waals surface area (Å²) < 4.78 is 27.5. The number of hydrogen-bond donors (Lipinski definition) is 2. The smallest absolute Gasteiger partial charge is 0.240 e. The highest BCUT2D eigenvalue weighted by Crippen LogP contribution is 2.16. The van der Waals surface area contributed by atoms with E-state index >= 15 is 0 Å². The Morgan fingerprint density at radius 1 is 1.14 bits per heavy atom. The second-order valence-corrected chi connectivity index (χ2v) is 7.17. The van der Waals surface area contributed by atoms with Gasteiger partial charge in [0.2, 0.25) is 10.0 Å². The first-order valence-corrected chi connectivity index (χ1v) is 9.22. The van der Waals surface area contributed by atoms with Crippen molar-refractivity contribution >= 4 is 10.0 Å². The fourth-order valence-electron chi connectivity index (χ4n) is 2.15. The predicted octanol–water partition coefficient (Wildman–Crippen LogP) is 2.82. The van der Waals surface area contributed by atoms with Crippen LogP contribution < -0.4 is 10.0 Å². The molecule has 21 heavy (non-hydrogen) atoms. The maximum Gasteiger partial charge on any atom is 0.240 e. The summed E-state index contributed by atoms with van der Waals surface area (Å²) in [6, 6.07) is 5.32. The highest BCUT2D eigenvalue weighted by atomic mass is 32.2. The molecular weight excluding hydrogens is 284 g/mol. The summed E-state index contributed by atoms with van der Waals surface area (Å²) in [6.45, 7) is 10.3. The minimum absolute atomic E-state index is 0.354. The quantitative estimate of drug-likeness (QED) is 0.737. The van der Waals surface area contributed by atoms with E-state index in [0.29, 0.717) is 23.9 Å². The van der Waals surface area contributed by atoms with Crippen molar-refractivity contribution in [3.63, 3.8) is 0 Å². The molecule has 0 aliphatic rings. The van der Waals surface area contributed by atoms with E-state index in [1.165, 1.54) is 0 Å². The average molecular weight is 312 g/mol. The molecule has 120 valence electrons.